The van der Waals surface area contributed by atoms with Gasteiger partial charge in [0.2, 0.25) is 0 Å². The Labute approximate surface area is 124 Å². The molecule has 0 atom stereocenters. The third kappa shape index (κ3) is 3.09. The number of hydrogen-bond donors (Lipinski definition) is 1. The van der Waals surface area contributed by atoms with Crippen LogP contribution >= 0.6 is 0 Å². The quantitative estimate of drug-likeness (QED) is 0.740. The molecule has 0 saturated heterocycles. The van der Waals surface area contributed by atoms with Gasteiger partial charge in [-0.05, 0) is 30.3 Å². The van der Waals surface area contributed by atoms with Gasteiger partial charge < -0.3 is 14.5 Å². The Hall–Kier alpha value is -3.22. The number of rotatable bonds is 4. The standard InChI is InChI=1S/C15H11N3O4/c19-14(18-13-3-1-2-6-16-13)8-21-15(20)10-4-5-11-12(7-10)22-9-17-11/h1-7,9H,8H2,(H,16,18,19). The van der Waals surface area contributed by atoms with Crippen molar-refractivity contribution in [1.82, 2.24) is 9.97 Å². The number of fused-ring (bicyclic) bond motifs is 1. The molecule has 2 aromatic heterocycles. The van der Waals surface area contributed by atoms with E-state index in [0.29, 0.717) is 16.9 Å². The molecule has 7 nitrogen and oxygen atoms in total. The number of hydrogen-bond acceptors (Lipinski definition) is 6. The lowest BCUT2D eigenvalue weighted by Gasteiger charge is -2.05. The molecule has 0 aliphatic carbocycles. The van der Waals surface area contributed by atoms with E-state index in [-0.39, 0.29) is 5.56 Å². The second kappa shape index (κ2) is 6.04. The lowest BCUT2D eigenvalue weighted by molar-refractivity contribution is -0.119. The monoisotopic (exact) mass is 297 g/mol. The maximum Gasteiger partial charge on any atom is 0.338 e. The van der Waals surface area contributed by atoms with Crippen molar-refractivity contribution in [2.24, 2.45) is 0 Å². The van der Waals surface area contributed by atoms with Gasteiger partial charge in [-0.15, -0.1) is 0 Å². The van der Waals surface area contributed by atoms with Crippen LogP contribution in [0.4, 0.5) is 5.82 Å². The molecule has 0 radical (unpaired) electrons. The summed E-state index contributed by atoms with van der Waals surface area (Å²) in [5, 5.41) is 2.52. The number of aromatic nitrogens is 2. The number of pyridine rings is 1. The van der Waals surface area contributed by atoms with Crippen molar-refractivity contribution >= 4 is 28.8 Å². The van der Waals surface area contributed by atoms with E-state index < -0.39 is 18.5 Å². The Morgan fingerprint density at radius 2 is 2.09 bits per heavy atom. The van der Waals surface area contributed by atoms with Gasteiger partial charge in [0, 0.05) is 6.20 Å². The average molecular weight is 297 g/mol. The van der Waals surface area contributed by atoms with Gasteiger partial charge in [-0.3, -0.25) is 4.79 Å². The average Bonchev–Trinajstić information content (AvgIpc) is 3.01. The number of carbonyl (C=O) groups is 2. The van der Waals surface area contributed by atoms with E-state index in [1.165, 1.54) is 12.5 Å². The zero-order valence-electron chi connectivity index (χ0n) is 11.4. The minimum atomic E-state index is -0.616. The van der Waals surface area contributed by atoms with Crippen molar-refractivity contribution in [3.8, 4) is 0 Å². The smallest absolute Gasteiger partial charge is 0.338 e. The summed E-state index contributed by atoms with van der Waals surface area (Å²) in [5.74, 6) is -0.686. The van der Waals surface area contributed by atoms with Crippen LogP contribution in [0.15, 0.2) is 53.4 Å². The molecule has 22 heavy (non-hydrogen) atoms. The van der Waals surface area contributed by atoms with Crippen LogP contribution in [-0.2, 0) is 9.53 Å². The van der Waals surface area contributed by atoms with Crippen LogP contribution in [0.1, 0.15) is 10.4 Å². The van der Waals surface area contributed by atoms with Crippen LogP contribution in [0.2, 0.25) is 0 Å². The summed E-state index contributed by atoms with van der Waals surface area (Å²) in [6, 6.07) is 9.82. The fourth-order valence-electron chi connectivity index (χ4n) is 1.81. The van der Waals surface area contributed by atoms with Crippen molar-refractivity contribution in [1.29, 1.82) is 0 Å². The molecule has 3 rings (SSSR count). The molecule has 0 aliphatic heterocycles. The van der Waals surface area contributed by atoms with Crippen LogP contribution in [0.3, 0.4) is 0 Å². The van der Waals surface area contributed by atoms with E-state index in [2.05, 4.69) is 15.3 Å². The maximum absolute atomic E-state index is 11.9. The van der Waals surface area contributed by atoms with Gasteiger partial charge in [-0.25, -0.2) is 14.8 Å². The zero-order valence-corrected chi connectivity index (χ0v) is 11.4. The van der Waals surface area contributed by atoms with Crippen molar-refractivity contribution in [2.75, 3.05) is 11.9 Å². The van der Waals surface area contributed by atoms with Crippen molar-refractivity contribution in [2.45, 2.75) is 0 Å². The van der Waals surface area contributed by atoms with Crippen LogP contribution < -0.4 is 5.32 Å². The first-order valence-corrected chi connectivity index (χ1v) is 6.43. The highest BCUT2D eigenvalue weighted by Gasteiger charge is 2.12. The Kier molecular flexibility index (Phi) is 3.78. The lowest BCUT2D eigenvalue weighted by Crippen LogP contribution is -2.21. The number of nitrogens with one attached hydrogen (secondary N) is 1. The molecule has 1 amide bonds. The highest BCUT2D eigenvalue weighted by molar-refractivity contribution is 5.96. The van der Waals surface area contributed by atoms with Gasteiger partial charge in [-0.1, -0.05) is 6.07 Å². The molecule has 110 valence electrons. The first-order valence-electron chi connectivity index (χ1n) is 6.43. The summed E-state index contributed by atoms with van der Waals surface area (Å²) < 4.78 is 10.1. The molecule has 1 aromatic carbocycles. The SMILES string of the molecule is O=C(COC(=O)c1ccc2ncoc2c1)Nc1ccccn1. The molecule has 0 unspecified atom stereocenters. The summed E-state index contributed by atoms with van der Waals surface area (Å²) in [4.78, 5) is 31.4. The molecule has 7 heteroatoms. The van der Waals surface area contributed by atoms with E-state index in [9.17, 15) is 9.59 Å². The Balaban J connectivity index is 1.58. The number of esters is 1. The molecule has 0 fully saturated rings. The Morgan fingerprint density at radius 1 is 1.18 bits per heavy atom. The summed E-state index contributed by atoms with van der Waals surface area (Å²) in [6.07, 6.45) is 2.84. The number of carbonyl (C=O) groups excluding carboxylic acids is 2. The number of benzene rings is 1. The number of oxazole rings is 1. The van der Waals surface area contributed by atoms with Crippen LogP contribution in [-0.4, -0.2) is 28.5 Å². The van der Waals surface area contributed by atoms with E-state index in [0.717, 1.165) is 0 Å². The van der Waals surface area contributed by atoms with Gasteiger partial charge >= 0.3 is 5.97 Å². The fourth-order valence-corrected chi connectivity index (χ4v) is 1.81. The minimum Gasteiger partial charge on any atom is -0.452 e. The molecule has 3 aromatic rings. The van der Waals surface area contributed by atoms with Gasteiger partial charge in [-0.2, -0.15) is 0 Å². The molecule has 2 heterocycles. The first-order chi connectivity index (χ1) is 10.7. The Bertz CT molecular complexity index is 814. The van der Waals surface area contributed by atoms with Gasteiger partial charge in [0.05, 0.1) is 5.56 Å². The van der Waals surface area contributed by atoms with Crippen LogP contribution in [0.25, 0.3) is 11.1 Å². The predicted octanol–water partition coefficient (Wildman–Crippen LogP) is 2.02. The number of nitrogens with zero attached hydrogens (tertiary/aromatic N) is 2. The molecular formula is C15H11N3O4. The first kappa shape index (κ1) is 13.7. The molecule has 0 bridgehead atoms. The Morgan fingerprint density at radius 3 is 2.91 bits per heavy atom. The van der Waals surface area contributed by atoms with Crippen LogP contribution in [0.5, 0.6) is 0 Å². The third-order valence-corrected chi connectivity index (χ3v) is 2.83. The maximum atomic E-state index is 11.9. The molecule has 1 N–H and O–H groups in total. The van der Waals surface area contributed by atoms with Crippen molar-refractivity contribution < 1.29 is 18.7 Å². The van der Waals surface area contributed by atoms with Gasteiger partial charge in [0.15, 0.2) is 18.6 Å². The summed E-state index contributed by atoms with van der Waals surface area (Å²) in [5.41, 5.74) is 1.41. The predicted molar refractivity (Wildman–Crippen MR) is 77.2 cm³/mol. The van der Waals surface area contributed by atoms with E-state index in [4.69, 9.17) is 9.15 Å². The van der Waals surface area contributed by atoms with E-state index in [1.807, 2.05) is 0 Å². The van der Waals surface area contributed by atoms with E-state index >= 15 is 0 Å². The normalized spacial score (nSPS) is 10.4. The number of anilines is 1. The van der Waals surface area contributed by atoms with E-state index in [1.54, 1.807) is 36.5 Å². The topological polar surface area (TPSA) is 94.3 Å². The van der Waals surface area contributed by atoms with Crippen molar-refractivity contribution in [3.63, 3.8) is 0 Å². The van der Waals surface area contributed by atoms with Crippen molar-refractivity contribution in [3.05, 3.63) is 54.6 Å². The fraction of sp³-hybridized carbons (Fsp3) is 0.0667. The molecular weight excluding hydrogens is 286 g/mol. The third-order valence-electron chi connectivity index (χ3n) is 2.83. The zero-order chi connectivity index (χ0) is 15.4. The van der Waals surface area contributed by atoms with Gasteiger partial charge in [0.25, 0.3) is 5.91 Å². The summed E-state index contributed by atoms with van der Waals surface area (Å²) in [7, 11) is 0. The minimum absolute atomic E-state index is 0.287. The lowest BCUT2D eigenvalue weighted by atomic mass is 10.2. The molecule has 0 spiro atoms. The van der Waals surface area contributed by atoms with Crippen LogP contribution in [0, 0.1) is 0 Å². The summed E-state index contributed by atoms with van der Waals surface area (Å²) in [6.45, 7) is -0.399. The second-order valence-corrected chi connectivity index (χ2v) is 4.37. The molecule has 0 saturated carbocycles. The second-order valence-electron chi connectivity index (χ2n) is 4.37. The number of ether oxygens (including phenoxy) is 1. The number of amides is 1. The molecule has 0 aliphatic rings. The highest BCUT2D eigenvalue weighted by atomic mass is 16.5. The largest absolute Gasteiger partial charge is 0.452 e. The van der Waals surface area contributed by atoms with Gasteiger partial charge in [0.1, 0.15) is 11.3 Å². The summed E-state index contributed by atoms with van der Waals surface area (Å²) >= 11 is 0. The highest BCUT2D eigenvalue weighted by Crippen LogP contribution is 2.15.